The van der Waals surface area contributed by atoms with Crippen molar-refractivity contribution >= 4 is 41.5 Å². The van der Waals surface area contributed by atoms with E-state index in [2.05, 4.69) is 10.3 Å². The second-order valence-corrected chi connectivity index (χ2v) is 3.86. The zero-order valence-corrected chi connectivity index (χ0v) is 12.8. The van der Waals surface area contributed by atoms with E-state index in [0.29, 0.717) is 0 Å². The Morgan fingerprint density at radius 3 is 2.31 bits per heavy atom. The second kappa shape index (κ2) is 7.73. The lowest BCUT2D eigenvalue weighted by molar-refractivity contribution is 0.583. The smallest absolute Gasteiger partial charge is 0.193 e. The molecule has 1 N–H and O–H groups in total. The molecular formula is C11H17ClIN3. The number of aliphatic imine (C=N–C) groups is 1. The van der Waals surface area contributed by atoms with Crippen LogP contribution in [0.15, 0.2) is 29.3 Å². The number of guanidine groups is 1. The van der Waals surface area contributed by atoms with Gasteiger partial charge in [-0.1, -0.05) is 23.7 Å². The van der Waals surface area contributed by atoms with Crippen molar-refractivity contribution in [1.29, 1.82) is 0 Å². The summed E-state index contributed by atoms with van der Waals surface area (Å²) in [6.45, 7) is 0.752. The topological polar surface area (TPSA) is 27.6 Å². The van der Waals surface area contributed by atoms with E-state index in [1.165, 1.54) is 5.56 Å². The number of nitrogens with zero attached hydrogens (tertiary/aromatic N) is 2. The predicted octanol–water partition coefficient (Wildman–Crippen LogP) is 2.60. The molecule has 0 fully saturated rings. The highest BCUT2D eigenvalue weighted by Gasteiger charge is 1.99. The summed E-state index contributed by atoms with van der Waals surface area (Å²) >= 11 is 5.80. The van der Waals surface area contributed by atoms with Crippen molar-refractivity contribution in [3.8, 4) is 0 Å². The molecule has 1 aromatic rings. The van der Waals surface area contributed by atoms with Crippen molar-refractivity contribution < 1.29 is 0 Å². The Balaban J connectivity index is 0.00000225. The van der Waals surface area contributed by atoms with Gasteiger partial charge >= 0.3 is 0 Å². The van der Waals surface area contributed by atoms with Crippen molar-refractivity contribution in [1.82, 2.24) is 10.2 Å². The number of rotatable bonds is 2. The number of hydrogen-bond acceptors (Lipinski definition) is 1. The van der Waals surface area contributed by atoms with Crippen LogP contribution in [0, 0.1) is 0 Å². The molecule has 0 spiro atoms. The molecule has 5 heteroatoms. The average Bonchev–Trinajstić information content (AvgIpc) is 2.21. The minimum Gasteiger partial charge on any atom is -0.352 e. The fourth-order valence-corrected chi connectivity index (χ4v) is 1.35. The van der Waals surface area contributed by atoms with Crippen LogP contribution in [0.25, 0.3) is 0 Å². The number of hydrogen-bond donors (Lipinski definition) is 1. The third kappa shape index (κ3) is 5.03. The van der Waals surface area contributed by atoms with E-state index >= 15 is 0 Å². The third-order valence-electron chi connectivity index (χ3n) is 2.00. The molecule has 0 bridgehead atoms. The van der Waals surface area contributed by atoms with Crippen LogP contribution in [0.4, 0.5) is 0 Å². The summed E-state index contributed by atoms with van der Waals surface area (Å²) in [4.78, 5) is 6.07. The highest BCUT2D eigenvalue weighted by atomic mass is 127. The molecule has 0 unspecified atom stereocenters. The molecule has 0 saturated carbocycles. The van der Waals surface area contributed by atoms with Gasteiger partial charge in [-0.2, -0.15) is 0 Å². The van der Waals surface area contributed by atoms with Gasteiger partial charge in [0.2, 0.25) is 0 Å². The molecule has 0 amide bonds. The van der Waals surface area contributed by atoms with E-state index in [4.69, 9.17) is 11.6 Å². The lowest BCUT2D eigenvalue weighted by Crippen LogP contribution is -2.35. The maximum atomic E-state index is 5.80. The molecular weight excluding hydrogens is 336 g/mol. The van der Waals surface area contributed by atoms with E-state index in [1.54, 1.807) is 7.05 Å². The summed E-state index contributed by atoms with van der Waals surface area (Å²) < 4.78 is 0. The Morgan fingerprint density at radius 2 is 1.88 bits per heavy atom. The molecule has 0 aliphatic rings. The lowest BCUT2D eigenvalue weighted by atomic mass is 10.2. The summed E-state index contributed by atoms with van der Waals surface area (Å²) in [6, 6.07) is 7.77. The SMILES string of the molecule is CN=C(NCc1ccc(Cl)cc1)N(C)C.I. The minimum atomic E-state index is 0. The van der Waals surface area contributed by atoms with Gasteiger partial charge in [0.05, 0.1) is 0 Å². The zero-order chi connectivity index (χ0) is 11.3. The molecule has 0 aliphatic heterocycles. The molecule has 3 nitrogen and oxygen atoms in total. The Labute approximate surface area is 119 Å². The van der Waals surface area contributed by atoms with Gasteiger partial charge in [0.15, 0.2) is 5.96 Å². The van der Waals surface area contributed by atoms with E-state index < -0.39 is 0 Å². The first-order valence-corrected chi connectivity index (χ1v) is 5.13. The van der Waals surface area contributed by atoms with Crippen molar-refractivity contribution in [2.75, 3.05) is 21.1 Å². The Bertz CT molecular complexity index is 336. The maximum Gasteiger partial charge on any atom is 0.193 e. The van der Waals surface area contributed by atoms with E-state index in [-0.39, 0.29) is 24.0 Å². The van der Waals surface area contributed by atoms with Gasteiger partial charge in [0.1, 0.15) is 0 Å². The average molecular weight is 354 g/mol. The highest BCUT2D eigenvalue weighted by molar-refractivity contribution is 14.0. The van der Waals surface area contributed by atoms with Crippen LogP contribution in [0.2, 0.25) is 5.02 Å². The van der Waals surface area contributed by atoms with Crippen LogP contribution >= 0.6 is 35.6 Å². The van der Waals surface area contributed by atoms with Gasteiger partial charge in [-0.05, 0) is 17.7 Å². The summed E-state index contributed by atoms with van der Waals surface area (Å²) in [5.41, 5.74) is 1.18. The molecule has 0 atom stereocenters. The normalized spacial score (nSPS) is 10.6. The van der Waals surface area contributed by atoms with Crippen LogP contribution in [0.3, 0.4) is 0 Å². The number of nitrogens with one attached hydrogen (secondary N) is 1. The summed E-state index contributed by atoms with van der Waals surface area (Å²) in [7, 11) is 5.68. The van der Waals surface area contributed by atoms with Gasteiger partial charge in [-0.25, -0.2) is 0 Å². The predicted molar refractivity (Wildman–Crippen MR) is 80.8 cm³/mol. The highest BCUT2D eigenvalue weighted by Crippen LogP contribution is 2.09. The van der Waals surface area contributed by atoms with Crippen LogP contribution in [0.5, 0.6) is 0 Å². The van der Waals surface area contributed by atoms with E-state index in [9.17, 15) is 0 Å². The quantitative estimate of drug-likeness (QED) is 0.503. The van der Waals surface area contributed by atoms with Crippen molar-refractivity contribution in [3.63, 3.8) is 0 Å². The molecule has 0 aromatic heterocycles. The first-order valence-electron chi connectivity index (χ1n) is 4.76. The Hall–Kier alpha value is -0.490. The molecule has 0 radical (unpaired) electrons. The Kier molecular flexibility index (Phi) is 7.49. The van der Waals surface area contributed by atoms with Crippen LogP contribution < -0.4 is 5.32 Å². The number of halogens is 2. The zero-order valence-electron chi connectivity index (χ0n) is 9.70. The van der Waals surface area contributed by atoms with Crippen molar-refractivity contribution in [3.05, 3.63) is 34.9 Å². The van der Waals surface area contributed by atoms with Crippen molar-refractivity contribution in [2.24, 2.45) is 4.99 Å². The summed E-state index contributed by atoms with van der Waals surface area (Å²) in [5, 5.41) is 4.00. The van der Waals surface area contributed by atoms with Crippen LogP contribution in [-0.4, -0.2) is 32.0 Å². The molecule has 1 aromatic carbocycles. The maximum absolute atomic E-state index is 5.80. The lowest BCUT2D eigenvalue weighted by Gasteiger charge is -2.16. The van der Waals surface area contributed by atoms with Crippen LogP contribution in [0.1, 0.15) is 5.56 Å². The molecule has 0 saturated heterocycles. The third-order valence-corrected chi connectivity index (χ3v) is 2.25. The van der Waals surface area contributed by atoms with Gasteiger partial charge in [-0.3, -0.25) is 4.99 Å². The summed E-state index contributed by atoms with van der Waals surface area (Å²) in [5.74, 6) is 0.866. The van der Waals surface area contributed by atoms with Gasteiger partial charge in [0, 0.05) is 32.7 Å². The monoisotopic (exact) mass is 353 g/mol. The van der Waals surface area contributed by atoms with E-state index in [0.717, 1.165) is 17.5 Å². The first kappa shape index (κ1) is 15.5. The first-order chi connectivity index (χ1) is 7.13. The largest absolute Gasteiger partial charge is 0.352 e. The molecule has 0 heterocycles. The van der Waals surface area contributed by atoms with Gasteiger partial charge < -0.3 is 10.2 Å². The fraction of sp³-hybridized carbons (Fsp3) is 0.364. The van der Waals surface area contributed by atoms with Crippen LogP contribution in [-0.2, 0) is 6.54 Å². The summed E-state index contributed by atoms with van der Waals surface area (Å²) in [6.07, 6.45) is 0. The molecule has 16 heavy (non-hydrogen) atoms. The minimum absolute atomic E-state index is 0. The molecule has 90 valence electrons. The van der Waals surface area contributed by atoms with Gasteiger partial charge in [-0.15, -0.1) is 24.0 Å². The standard InChI is InChI=1S/C11H16ClN3.HI/c1-13-11(15(2)3)14-8-9-4-6-10(12)7-5-9;/h4-7H,8H2,1-3H3,(H,13,14);1H. The fourth-order valence-electron chi connectivity index (χ4n) is 1.22. The molecule has 1 rings (SSSR count). The number of benzene rings is 1. The molecule has 0 aliphatic carbocycles. The second-order valence-electron chi connectivity index (χ2n) is 3.42. The van der Waals surface area contributed by atoms with E-state index in [1.807, 2.05) is 43.3 Å². The Morgan fingerprint density at radius 1 is 1.31 bits per heavy atom. The van der Waals surface area contributed by atoms with Gasteiger partial charge in [0.25, 0.3) is 0 Å². The van der Waals surface area contributed by atoms with Crippen molar-refractivity contribution in [2.45, 2.75) is 6.54 Å².